The summed E-state index contributed by atoms with van der Waals surface area (Å²) in [5.41, 5.74) is 0. The maximum Gasteiger partial charge on any atom is 0.177 e. The Morgan fingerprint density at radius 2 is 2.67 bits per heavy atom. The third kappa shape index (κ3) is 1.75. The summed E-state index contributed by atoms with van der Waals surface area (Å²) in [4.78, 5) is 3.01. The van der Waals surface area contributed by atoms with Crippen LogP contribution in [0.1, 0.15) is 12.8 Å². The minimum Gasteiger partial charge on any atom is -0.337 e. The zero-order valence-corrected chi connectivity index (χ0v) is 8.46. The summed E-state index contributed by atoms with van der Waals surface area (Å²) in [6, 6.07) is 0. The van der Waals surface area contributed by atoms with Gasteiger partial charge in [-0.3, -0.25) is 0 Å². The van der Waals surface area contributed by atoms with Crippen molar-refractivity contribution < 1.29 is 0 Å². The summed E-state index contributed by atoms with van der Waals surface area (Å²) in [5.74, 6) is 1.32. The van der Waals surface area contributed by atoms with Gasteiger partial charge >= 0.3 is 0 Å². The zero-order chi connectivity index (χ0) is 8.39. The van der Waals surface area contributed by atoms with E-state index in [1.165, 1.54) is 18.6 Å². The molecule has 2 heterocycles. The van der Waals surface area contributed by atoms with E-state index in [9.17, 15) is 0 Å². The molecular formula is C8H12N2S2. The van der Waals surface area contributed by atoms with Crippen LogP contribution in [0.15, 0.2) is 12.4 Å². The second-order valence-electron chi connectivity index (χ2n) is 3.05. The molecule has 1 aliphatic heterocycles. The fourth-order valence-electron chi connectivity index (χ4n) is 1.50. The van der Waals surface area contributed by atoms with Crippen LogP contribution in [0.4, 0.5) is 0 Å². The highest BCUT2D eigenvalue weighted by molar-refractivity contribution is 8.00. The molecule has 0 spiro atoms. The van der Waals surface area contributed by atoms with Crippen molar-refractivity contribution in [3.05, 3.63) is 17.2 Å². The van der Waals surface area contributed by atoms with Gasteiger partial charge < -0.3 is 9.55 Å². The lowest BCUT2D eigenvalue weighted by Gasteiger charge is -2.08. The second-order valence-corrected chi connectivity index (χ2v) is 4.85. The smallest absolute Gasteiger partial charge is 0.177 e. The van der Waals surface area contributed by atoms with Crippen molar-refractivity contribution in [2.24, 2.45) is 0 Å². The first-order valence-corrected chi connectivity index (χ1v) is 5.67. The lowest BCUT2D eigenvalue weighted by Crippen LogP contribution is -2.08. The summed E-state index contributed by atoms with van der Waals surface area (Å²) in [6.07, 6.45) is 6.65. The van der Waals surface area contributed by atoms with Crippen molar-refractivity contribution in [2.45, 2.75) is 24.6 Å². The van der Waals surface area contributed by atoms with E-state index in [0.717, 1.165) is 16.6 Å². The molecule has 66 valence electrons. The van der Waals surface area contributed by atoms with Crippen LogP contribution in [-0.4, -0.2) is 20.6 Å². The topological polar surface area (TPSA) is 20.7 Å². The van der Waals surface area contributed by atoms with Crippen molar-refractivity contribution in [3.8, 4) is 0 Å². The number of nitrogens with one attached hydrogen (secondary N) is 1. The molecule has 1 saturated heterocycles. The molecular weight excluding hydrogens is 188 g/mol. The first-order chi connectivity index (χ1) is 5.86. The van der Waals surface area contributed by atoms with Crippen LogP contribution in [0.2, 0.25) is 0 Å². The number of imidazole rings is 1. The van der Waals surface area contributed by atoms with Crippen LogP contribution in [-0.2, 0) is 6.54 Å². The van der Waals surface area contributed by atoms with E-state index in [1.807, 2.05) is 12.4 Å². The van der Waals surface area contributed by atoms with Gasteiger partial charge in [0.1, 0.15) is 0 Å². The molecule has 1 aromatic rings. The van der Waals surface area contributed by atoms with Crippen molar-refractivity contribution in [2.75, 3.05) is 5.75 Å². The molecule has 12 heavy (non-hydrogen) atoms. The molecule has 0 aliphatic carbocycles. The zero-order valence-electron chi connectivity index (χ0n) is 6.82. The molecule has 0 saturated carbocycles. The molecule has 2 rings (SSSR count). The molecule has 0 radical (unpaired) electrons. The van der Waals surface area contributed by atoms with Crippen LogP contribution in [0.5, 0.6) is 0 Å². The van der Waals surface area contributed by atoms with Crippen LogP contribution in [0.25, 0.3) is 0 Å². The van der Waals surface area contributed by atoms with Gasteiger partial charge in [0.05, 0.1) is 0 Å². The van der Waals surface area contributed by atoms with Crippen LogP contribution in [0.3, 0.4) is 0 Å². The monoisotopic (exact) mass is 200 g/mol. The van der Waals surface area contributed by atoms with Gasteiger partial charge in [0.25, 0.3) is 0 Å². The Morgan fingerprint density at radius 1 is 1.75 bits per heavy atom. The number of aromatic amines is 1. The molecule has 1 fully saturated rings. The first-order valence-electron chi connectivity index (χ1n) is 4.22. The maximum atomic E-state index is 5.12. The summed E-state index contributed by atoms with van der Waals surface area (Å²) in [7, 11) is 0. The minimum atomic E-state index is 0.785. The lowest BCUT2D eigenvalue weighted by atomic mass is 10.2. The predicted octanol–water partition coefficient (Wildman–Crippen LogP) is 2.44. The summed E-state index contributed by atoms with van der Waals surface area (Å²) in [6.45, 7) is 1.08. The number of H-pyrrole nitrogens is 1. The van der Waals surface area contributed by atoms with E-state index in [1.54, 1.807) is 0 Å². The fourth-order valence-corrected chi connectivity index (χ4v) is 2.97. The van der Waals surface area contributed by atoms with Crippen LogP contribution >= 0.6 is 24.0 Å². The standard InChI is InChI=1S/C8H12N2S2/c11-8-9-3-4-10(8)6-7-2-1-5-12-7/h3-4,7H,1-2,5-6H2,(H,9,11). The highest BCUT2D eigenvalue weighted by atomic mass is 32.2. The summed E-state index contributed by atoms with van der Waals surface area (Å²) >= 11 is 7.19. The Kier molecular flexibility index (Phi) is 2.56. The first kappa shape index (κ1) is 8.38. The lowest BCUT2D eigenvalue weighted by molar-refractivity contribution is 0.632. The molecule has 2 nitrogen and oxygen atoms in total. The number of thioether (sulfide) groups is 1. The Bertz CT molecular complexity index is 296. The average Bonchev–Trinajstić information content (AvgIpc) is 2.65. The van der Waals surface area contributed by atoms with Crippen molar-refractivity contribution >= 4 is 24.0 Å². The molecule has 1 aliphatic rings. The number of hydrogen-bond acceptors (Lipinski definition) is 2. The van der Waals surface area contributed by atoms with E-state index in [0.29, 0.717) is 0 Å². The molecule has 1 atom stereocenters. The van der Waals surface area contributed by atoms with E-state index < -0.39 is 0 Å². The van der Waals surface area contributed by atoms with Gasteiger partial charge in [0.15, 0.2) is 4.77 Å². The van der Waals surface area contributed by atoms with Crippen molar-refractivity contribution in [3.63, 3.8) is 0 Å². The third-order valence-corrected chi connectivity index (χ3v) is 3.88. The van der Waals surface area contributed by atoms with Gasteiger partial charge in [-0.15, -0.1) is 0 Å². The molecule has 1 aromatic heterocycles. The van der Waals surface area contributed by atoms with Crippen molar-refractivity contribution in [1.82, 2.24) is 9.55 Å². The summed E-state index contributed by atoms with van der Waals surface area (Å²) in [5, 5.41) is 0.785. The Morgan fingerprint density at radius 3 is 3.25 bits per heavy atom. The second kappa shape index (κ2) is 3.66. The molecule has 0 bridgehead atoms. The fraction of sp³-hybridized carbons (Fsp3) is 0.625. The van der Waals surface area contributed by atoms with E-state index >= 15 is 0 Å². The number of nitrogens with zero attached hydrogens (tertiary/aromatic N) is 1. The third-order valence-electron chi connectivity index (χ3n) is 2.15. The van der Waals surface area contributed by atoms with Gasteiger partial charge in [-0.25, -0.2) is 0 Å². The van der Waals surface area contributed by atoms with Gasteiger partial charge in [0.2, 0.25) is 0 Å². The normalized spacial score (nSPS) is 23.2. The van der Waals surface area contributed by atoms with Gasteiger partial charge in [-0.05, 0) is 30.8 Å². The van der Waals surface area contributed by atoms with E-state index in [-0.39, 0.29) is 0 Å². The number of hydrogen-bond donors (Lipinski definition) is 1. The van der Waals surface area contributed by atoms with Crippen molar-refractivity contribution in [1.29, 1.82) is 0 Å². The van der Waals surface area contributed by atoms with Crippen LogP contribution < -0.4 is 0 Å². The molecule has 4 heteroatoms. The predicted molar refractivity (Wildman–Crippen MR) is 55.1 cm³/mol. The SMILES string of the molecule is S=c1[nH]ccn1CC1CCCS1. The molecule has 1 unspecified atom stereocenters. The van der Waals surface area contributed by atoms with Gasteiger partial charge in [0, 0.05) is 24.2 Å². The highest BCUT2D eigenvalue weighted by Gasteiger charge is 2.15. The molecule has 1 N–H and O–H groups in total. The highest BCUT2D eigenvalue weighted by Crippen LogP contribution is 2.27. The minimum absolute atomic E-state index is 0.785. The van der Waals surface area contributed by atoms with E-state index in [4.69, 9.17) is 12.2 Å². The summed E-state index contributed by atoms with van der Waals surface area (Å²) < 4.78 is 2.97. The van der Waals surface area contributed by atoms with E-state index in [2.05, 4.69) is 21.3 Å². The van der Waals surface area contributed by atoms with Gasteiger partial charge in [-0.1, -0.05) is 0 Å². The Balaban J connectivity index is 2.03. The maximum absolute atomic E-state index is 5.12. The number of aromatic nitrogens is 2. The van der Waals surface area contributed by atoms with Crippen LogP contribution in [0, 0.1) is 4.77 Å². The average molecular weight is 200 g/mol. The number of rotatable bonds is 2. The quantitative estimate of drug-likeness (QED) is 0.740. The molecule has 0 amide bonds. The molecule has 0 aromatic carbocycles. The van der Waals surface area contributed by atoms with Gasteiger partial charge in [-0.2, -0.15) is 11.8 Å². The largest absolute Gasteiger partial charge is 0.337 e. The Hall–Kier alpha value is -0.220. The Labute approximate surface area is 81.4 Å².